The van der Waals surface area contributed by atoms with Crippen LogP contribution in [0, 0.1) is 26.2 Å². The Bertz CT molecular complexity index is 1400. The van der Waals surface area contributed by atoms with Gasteiger partial charge in [-0.3, -0.25) is 10.2 Å². The summed E-state index contributed by atoms with van der Waals surface area (Å²) in [5.74, 6) is 0.302. The first-order chi connectivity index (χ1) is 16.4. The van der Waals surface area contributed by atoms with Gasteiger partial charge in [-0.25, -0.2) is 0 Å². The van der Waals surface area contributed by atoms with Gasteiger partial charge in [0.25, 0.3) is 5.91 Å². The number of amidine groups is 2. The topological polar surface area (TPSA) is 83.0 Å². The minimum Gasteiger partial charge on any atom is -0.487 e. The monoisotopic (exact) mass is 469 g/mol. The standard InChI is InChI=1S/C26H23N5O2S/c1-16-9-7-8-12-22(16)30-17(2)13-19(18(30)3)14-21-24(27)31-26(28-25(21)32)34-23(29-31)15-33-20-10-5-4-6-11-20/h4-14,27H,15H2,1-3H3/b21-14+,27-24?. The number of carbonyl (C=O) groups is 1. The summed E-state index contributed by atoms with van der Waals surface area (Å²) in [7, 11) is 0. The Kier molecular flexibility index (Phi) is 5.67. The Labute approximate surface area is 202 Å². The third-order valence-electron chi connectivity index (χ3n) is 5.73. The second-order valence-electron chi connectivity index (χ2n) is 8.06. The molecule has 1 N–H and O–H groups in total. The van der Waals surface area contributed by atoms with Gasteiger partial charge in [-0.2, -0.15) is 15.1 Å². The van der Waals surface area contributed by atoms with Crippen molar-refractivity contribution >= 4 is 39.8 Å². The molecule has 3 heterocycles. The first-order valence-corrected chi connectivity index (χ1v) is 11.7. The number of fused-ring (bicyclic) bond motifs is 1. The zero-order valence-electron chi connectivity index (χ0n) is 19.1. The molecule has 5 rings (SSSR count). The highest BCUT2D eigenvalue weighted by Crippen LogP contribution is 2.30. The number of nitrogens with one attached hydrogen (secondary N) is 1. The lowest BCUT2D eigenvalue weighted by molar-refractivity contribution is -0.114. The van der Waals surface area contributed by atoms with Gasteiger partial charge in [-0.05, 0) is 74.0 Å². The van der Waals surface area contributed by atoms with Gasteiger partial charge in [-0.1, -0.05) is 36.4 Å². The van der Waals surface area contributed by atoms with Crippen molar-refractivity contribution in [3.8, 4) is 11.4 Å². The van der Waals surface area contributed by atoms with Crippen molar-refractivity contribution in [3.05, 3.63) is 88.8 Å². The van der Waals surface area contributed by atoms with E-state index in [-0.39, 0.29) is 18.0 Å². The van der Waals surface area contributed by atoms with E-state index in [9.17, 15) is 4.79 Å². The Hall–Kier alpha value is -3.91. The molecule has 0 unspecified atom stereocenters. The Morgan fingerprint density at radius 1 is 1.06 bits per heavy atom. The van der Waals surface area contributed by atoms with Crippen LogP contribution in [-0.4, -0.2) is 38.1 Å². The zero-order valence-corrected chi connectivity index (χ0v) is 19.9. The number of hydrazone groups is 1. The number of amides is 1. The summed E-state index contributed by atoms with van der Waals surface area (Å²) in [5, 5.41) is 15.5. The van der Waals surface area contributed by atoms with Crippen molar-refractivity contribution in [3.63, 3.8) is 0 Å². The number of thioether (sulfide) groups is 1. The number of aryl methyl sites for hydroxylation is 2. The molecule has 7 nitrogen and oxygen atoms in total. The van der Waals surface area contributed by atoms with Gasteiger partial charge in [0.05, 0.1) is 5.57 Å². The number of nitrogens with zero attached hydrogens (tertiary/aromatic N) is 4. The molecule has 0 bridgehead atoms. The molecule has 0 spiro atoms. The van der Waals surface area contributed by atoms with E-state index in [1.54, 1.807) is 6.08 Å². The molecule has 0 atom stereocenters. The van der Waals surface area contributed by atoms with Crippen LogP contribution in [0.15, 0.2) is 76.3 Å². The van der Waals surface area contributed by atoms with Crippen molar-refractivity contribution in [1.82, 2.24) is 9.58 Å². The summed E-state index contributed by atoms with van der Waals surface area (Å²) in [6.45, 7) is 6.36. The van der Waals surface area contributed by atoms with E-state index in [0.29, 0.717) is 10.2 Å². The lowest BCUT2D eigenvalue weighted by Gasteiger charge is -2.20. The highest BCUT2D eigenvalue weighted by atomic mass is 32.2. The van der Waals surface area contributed by atoms with E-state index >= 15 is 0 Å². The van der Waals surface area contributed by atoms with E-state index < -0.39 is 5.91 Å². The van der Waals surface area contributed by atoms with Crippen molar-refractivity contribution in [2.45, 2.75) is 20.8 Å². The maximum absolute atomic E-state index is 12.8. The molecule has 2 aromatic carbocycles. The number of hydrogen-bond acceptors (Lipinski definition) is 5. The molecule has 0 saturated carbocycles. The smallest absolute Gasteiger partial charge is 0.283 e. The van der Waals surface area contributed by atoms with Crippen LogP contribution in [0.4, 0.5) is 0 Å². The van der Waals surface area contributed by atoms with Gasteiger partial charge in [0.15, 0.2) is 5.84 Å². The summed E-state index contributed by atoms with van der Waals surface area (Å²) in [6, 6.07) is 19.6. The molecule has 0 saturated heterocycles. The third-order valence-corrected chi connectivity index (χ3v) is 6.61. The molecule has 1 amide bonds. The molecule has 2 aliphatic rings. The van der Waals surface area contributed by atoms with Crippen LogP contribution in [-0.2, 0) is 4.79 Å². The Balaban J connectivity index is 1.42. The molecular weight excluding hydrogens is 446 g/mol. The third kappa shape index (κ3) is 3.97. The van der Waals surface area contributed by atoms with E-state index in [2.05, 4.69) is 33.7 Å². The summed E-state index contributed by atoms with van der Waals surface area (Å²) in [4.78, 5) is 17.0. The number of rotatable bonds is 5. The number of carbonyl (C=O) groups excluding carboxylic acids is 1. The number of hydrogen-bond donors (Lipinski definition) is 1. The predicted molar refractivity (Wildman–Crippen MR) is 137 cm³/mol. The van der Waals surface area contributed by atoms with Crippen LogP contribution in [0.3, 0.4) is 0 Å². The second-order valence-corrected chi connectivity index (χ2v) is 9.10. The van der Waals surface area contributed by atoms with E-state index in [0.717, 1.165) is 34.0 Å². The van der Waals surface area contributed by atoms with Crippen LogP contribution in [0.5, 0.6) is 5.75 Å². The van der Waals surface area contributed by atoms with Crippen molar-refractivity contribution in [1.29, 1.82) is 5.41 Å². The van der Waals surface area contributed by atoms with Crippen molar-refractivity contribution in [2.75, 3.05) is 6.61 Å². The summed E-state index contributed by atoms with van der Waals surface area (Å²) in [6.07, 6.45) is 1.74. The number of aromatic nitrogens is 1. The normalized spacial score (nSPS) is 16.6. The molecular formula is C26H23N5O2S. The maximum Gasteiger partial charge on any atom is 0.283 e. The number of para-hydroxylation sites is 2. The Morgan fingerprint density at radius 2 is 1.79 bits per heavy atom. The summed E-state index contributed by atoms with van der Waals surface area (Å²) < 4.78 is 7.92. The quantitative estimate of drug-likeness (QED) is 0.527. The number of benzene rings is 2. The van der Waals surface area contributed by atoms with E-state index in [1.165, 1.54) is 16.8 Å². The van der Waals surface area contributed by atoms with Gasteiger partial charge in [0.1, 0.15) is 17.4 Å². The molecule has 2 aliphatic heterocycles. The first-order valence-electron chi connectivity index (χ1n) is 10.8. The largest absolute Gasteiger partial charge is 0.487 e. The molecule has 0 fully saturated rings. The predicted octanol–water partition coefficient (Wildman–Crippen LogP) is 5.10. The van der Waals surface area contributed by atoms with Crippen LogP contribution >= 0.6 is 11.8 Å². The average molecular weight is 470 g/mol. The molecule has 170 valence electrons. The SMILES string of the molecule is Cc1ccccc1-n1c(C)cc(/C=C2\C(=N)N3N=C(COc4ccccc4)SC3=NC2=O)c1C. The molecule has 0 aliphatic carbocycles. The van der Waals surface area contributed by atoms with Crippen molar-refractivity contribution in [2.24, 2.45) is 10.1 Å². The minimum atomic E-state index is -0.440. The van der Waals surface area contributed by atoms with E-state index in [4.69, 9.17) is 10.1 Å². The highest BCUT2D eigenvalue weighted by Gasteiger charge is 2.36. The number of aliphatic imine (C=N–C) groups is 1. The van der Waals surface area contributed by atoms with Gasteiger partial charge in [0, 0.05) is 17.1 Å². The lowest BCUT2D eigenvalue weighted by Crippen LogP contribution is -2.35. The Morgan fingerprint density at radius 3 is 2.56 bits per heavy atom. The molecule has 1 aromatic heterocycles. The number of ether oxygens (including phenoxy) is 1. The lowest BCUT2D eigenvalue weighted by atomic mass is 10.1. The van der Waals surface area contributed by atoms with Crippen molar-refractivity contribution < 1.29 is 9.53 Å². The average Bonchev–Trinajstić information content (AvgIpc) is 3.36. The molecule has 8 heteroatoms. The van der Waals surface area contributed by atoms with Crippen LogP contribution < -0.4 is 4.74 Å². The molecule has 0 radical (unpaired) electrons. The highest BCUT2D eigenvalue weighted by molar-refractivity contribution is 8.27. The van der Waals surface area contributed by atoms with Crippen LogP contribution in [0.25, 0.3) is 11.8 Å². The fourth-order valence-corrected chi connectivity index (χ4v) is 4.82. The first kappa shape index (κ1) is 21.9. The maximum atomic E-state index is 12.8. The van der Waals surface area contributed by atoms with Gasteiger partial charge < -0.3 is 9.30 Å². The van der Waals surface area contributed by atoms with E-state index in [1.807, 2.05) is 62.4 Å². The second kappa shape index (κ2) is 8.79. The summed E-state index contributed by atoms with van der Waals surface area (Å²) >= 11 is 1.25. The van der Waals surface area contributed by atoms with Crippen LogP contribution in [0.2, 0.25) is 0 Å². The molecule has 3 aromatic rings. The fraction of sp³-hybridized carbons (Fsp3) is 0.154. The van der Waals surface area contributed by atoms with Gasteiger partial charge >= 0.3 is 0 Å². The van der Waals surface area contributed by atoms with Gasteiger partial charge in [0.2, 0.25) is 5.17 Å². The van der Waals surface area contributed by atoms with Gasteiger partial charge in [-0.15, -0.1) is 0 Å². The minimum absolute atomic E-state index is 0.0119. The summed E-state index contributed by atoms with van der Waals surface area (Å²) in [5.41, 5.74) is 5.38. The fourth-order valence-electron chi connectivity index (χ4n) is 4.03. The molecule has 34 heavy (non-hydrogen) atoms. The van der Waals surface area contributed by atoms with Crippen LogP contribution in [0.1, 0.15) is 22.5 Å². The zero-order chi connectivity index (χ0) is 23.8.